The Morgan fingerprint density at radius 3 is 2.49 bits per heavy atom. The van der Waals surface area contributed by atoms with Crippen LogP contribution >= 0.6 is 11.8 Å². The number of aromatic nitrogens is 3. The van der Waals surface area contributed by atoms with Crippen LogP contribution in [-0.4, -0.2) is 51.0 Å². The van der Waals surface area contributed by atoms with Crippen LogP contribution in [0.15, 0.2) is 83.1 Å². The number of carbonyl (C=O) groups is 1. The fourth-order valence-electron chi connectivity index (χ4n) is 4.18. The molecule has 0 fully saturated rings. The van der Waals surface area contributed by atoms with Crippen LogP contribution in [-0.2, 0) is 9.53 Å². The lowest BCUT2D eigenvalue weighted by molar-refractivity contribution is -0.135. The maximum absolute atomic E-state index is 12.4. The van der Waals surface area contributed by atoms with Gasteiger partial charge in [-0.3, -0.25) is 9.36 Å². The van der Waals surface area contributed by atoms with Gasteiger partial charge < -0.3 is 14.2 Å². The zero-order valence-electron chi connectivity index (χ0n) is 22.2. The molecule has 0 saturated heterocycles. The van der Waals surface area contributed by atoms with Gasteiger partial charge in [0.1, 0.15) is 0 Å². The highest BCUT2D eigenvalue weighted by molar-refractivity contribution is 7.99. The number of ether oxygens (including phenoxy) is 3. The molecule has 0 aliphatic carbocycles. The Bertz CT molecular complexity index is 1490. The van der Waals surface area contributed by atoms with Crippen molar-refractivity contribution in [1.29, 1.82) is 0 Å². The largest absolute Gasteiger partial charge is 0.493 e. The monoisotopic (exact) mass is 543 g/mol. The van der Waals surface area contributed by atoms with Crippen molar-refractivity contribution in [1.82, 2.24) is 19.8 Å². The molecule has 0 radical (unpaired) electrons. The van der Waals surface area contributed by atoms with Crippen LogP contribution in [0.25, 0.3) is 17.1 Å². The highest BCUT2D eigenvalue weighted by Crippen LogP contribution is 2.36. The molecule has 0 unspecified atom stereocenters. The quantitative estimate of drug-likeness (QED) is 0.253. The SMILES string of the molecule is CCOc1ccc([C@H]2OC(CSc3nnc(-c4ccc(C)cc4)n3-c3ccccc3)=NN2C(C)=O)cc1OC. The number of thioether (sulfide) groups is 1. The number of hydrogen-bond donors (Lipinski definition) is 0. The second-order valence-electron chi connectivity index (χ2n) is 8.80. The van der Waals surface area contributed by atoms with Crippen molar-refractivity contribution < 1.29 is 19.0 Å². The van der Waals surface area contributed by atoms with Crippen molar-refractivity contribution >= 4 is 23.6 Å². The molecule has 1 aromatic heterocycles. The number of carbonyl (C=O) groups excluding carboxylic acids is 1. The Labute approximate surface area is 231 Å². The van der Waals surface area contributed by atoms with Crippen LogP contribution in [0.1, 0.15) is 31.2 Å². The summed E-state index contributed by atoms with van der Waals surface area (Å²) in [7, 11) is 1.58. The minimum atomic E-state index is -0.710. The molecule has 0 saturated carbocycles. The molecule has 1 aliphatic rings. The first kappa shape index (κ1) is 26.3. The van der Waals surface area contributed by atoms with Gasteiger partial charge in [-0.05, 0) is 44.2 Å². The third kappa shape index (κ3) is 5.61. The molecule has 1 aliphatic heterocycles. The first-order chi connectivity index (χ1) is 19.0. The molecular formula is C29H29N5O4S. The van der Waals surface area contributed by atoms with Gasteiger partial charge in [0.15, 0.2) is 22.5 Å². The predicted molar refractivity (Wildman–Crippen MR) is 150 cm³/mol. The van der Waals surface area contributed by atoms with Gasteiger partial charge in [-0.25, -0.2) is 0 Å². The maximum atomic E-state index is 12.4. The van der Waals surface area contributed by atoms with Gasteiger partial charge in [0.05, 0.1) is 19.5 Å². The standard InChI is InChI=1S/C29H29N5O4S/c1-5-37-24-16-15-22(17-25(24)36-4)28-34(20(3)35)32-26(38-28)18-39-29-31-30-27(21-13-11-19(2)12-14-21)33(29)23-9-7-6-8-10-23/h6-17,28H,5,18H2,1-4H3/t28-/m1/s1. The molecule has 39 heavy (non-hydrogen) atoms. The molecule has 0 N–H and O–H groups in total. The topological polar surface area (TPSA) is 91.1 Å². The minimum Gasteiger partial charge on any atom is -0.493 e. The number of amides is 1. The molecule has 0 bridgehead atoms. The van der Waals surface area contributed by atoms with Gasteiger partial charge in [-0.1, -0.05) is 59.8 Å². The third-order valence-corrected chi connectivity index (χ3v) is 6.98. The van der Waals surface area contributed by atoms with Crippen molar-refractivity contribution in [3.05, 3.63) is 83.9 Å². The van der Waals surface area contributed by atoms with Gasteiger partial charge >= 0.3 is 0 Å². The summed E-state index contributed by atoms with van der Waals surface area (Å²) in [6.45, 7) is 5.93. The molecule has 1 atom stereocenters. The summed E-state index contributed by atoms with van der Waals surface area (Å²) in [6.07, 6.45) is -0.710. The molecule has 5 rings (SSSR count). The number of hydrogen-bond acceptors (Lipinski definition) is 8. The van der Waals surface area contributed by atoms with E-state index < -0.39 is 6.23 Å². The van der Waals surface area contributed by atoms with Gasteiger partial charge in [-0.15, -0.1) is 15.3 Å². The Hall–Kier alpha value is -4.31. The summed E-state index contributed by atoms with van der Waals surface area (Å²) < 4.78 is 19.3. The zero-order valence-corrected chi connectivity index (χ0v) is 23.0. The predicted octanol–water partition coefficient (Wildman–Crippen LogP) is 5.63. The lowest BCUT2D eigenvalue weighted by Crippen LogP contribution is -2.25. The van der Waals surface area contributed by atoms with Crippen molar-refractivity contribution in [3.63, 3.8) is 0 Å². The molecule has 4 aromatic rings. The van der Waals surface area contributed by atoms with Gasteiger partial charge in [0.25, 0.3) is 0 Å². The lowest BCUT2D eigenvalue weighted by Gasteiger charge is -2.20. The van der Waals surface area contributed by atoms with E-state index in [0.717, 1.165) is 22.6 Å². The van der Waals surface area contributed by atoms with Crippen molar-refractivity contribution in [2.45, 2.75) is 32.2 Å². The first-order valence-corrected chi connectivity index (χ1v) is 13.5. The summed E-state index contributed by atoms with van der Waals surface area (Å²) in [5, 5.41) is 15.5. The van der Waals surface area contributed by atoms with E-state index in [9.17, 15) is 4.79 Å². The summed E-state index contributed by atoms with van der Waals surface area (Å²) in [5.41, 5.74) is 3.80. The summed E-state index contributed by atoms with van der Waals surface area (Å²) in [4.78, 5) is 12.4. The van der Waals surface area contributed by atoms with Gasteiger partial charge in [0, 0.05) is 23.7 Å². The van der Waals surface area contributed by atoms with Crippen LogP contribution < -0.4 is 9.47 Å². The van der Waals surface area contributed by atoms with Crippen LogP contribution in [0.2, 0.25) is 0 Å². The Morgan fingerprint density at radius 1 is 1.03 bits per heavy atom. The molecular weight excluding hydrogens is 514 g/mol. The van der Waals surface area contributed by atoms with E-state index in [-0.39, 0.29) is 5.91 Å². The first-order valence-electron chi connectivity index (χ1n) is 12.5. The molecule has 3 aromatic carbocycles. The molecule has 200 valence electrons. The Balaban J connectivity index is 1.40. The third-order valence-electron chi connectivity index (χ3n) is 6.07. The van der Waals surface area contributed by atoms with Crippen LogP contribution in [0.4, 0.5) is 0 Å². The fourth-order valence-corrected chi connectivity index (χ4v) is 4.98. The highest BCUT2D eigenvalue weighted by atomic mass is 32.2. The Morgan fingerprint density at radius 2 is 1.79 bits per heavy atom. The molecule has 1 amide bonds. The average Bonchev–Trinajstić information content (AvgIpc) is 3.58. The summed E-state index contributed by atoms with van der Waals surface area (Å²) >= 11 is 1.44. The van der Waals surface area contributed by atoms with E-state index >= 15 is 0 Å². The Kier molecular flexibility index (Phi) is 7.83. The average molecular weight is 544 g/mol. The zero-order chi connectivity index (χ0) is 27.4. The molecule has 10 heteroatoms. The number of benzene rings is 3. The van der Waals surface area contributed by atoms with Gasteiger partial charge in [-0.2, -0.15) is 5.01 Å². The normalized spacial score (nSPS) is 14.6. The van der Waals surface area contributed by atoms with E-state index in [1.807, 2.05) is 60.0 Å². The second-order valence-corrected chi connectivity index (χ2v) is 9.75. The number of para-hydroxylation sites is 1. The van der Waals surface area contributed by atoms with E-state index in [1.54, 1.807) is 19.2 Å². The van der Waals surface area contributed by atoms with Crippen molar-refractivity contribution in [2.75, 3.05) is 19.5 Å². The molecule has 9 nitrogen and oxygen atoms in total. The number of methoxy groups -OCH3 is 1. The molecule has 2 heterocycles. The van der Waals surface area contributed by atoms with E-state index in [1.165, 1.54) is 29.3 Å². The summed E-state index contributed by atoms with van der Waals surface area (Å²) in [5.74, 6) is 2.45. The van der Waals surface area contributed by atoms with Crippen LogP contribution in [0, 0.1) is 6.92 Å². The van der Waals surface area contributed by atoms with E-state index in [4.69, 9.17) is 14.2 Å². The number of aryl methyl sites for hydroxylation is 1. The fraction of sp³-hybridized carbons (Fsp3) is 0.241. The van der Waals surface area contributed by atoms with E-state index in [0.29, 0.717) is 34.9 Å². The lowest BCUT2D eigenvalue weighted by atomic mass is 10.1. The molecule has 0 spiro atoms. The van der Waals surface area contributed by atoms with Crippen LogP contribution in [0.3, 0.4) is 0 Å². The minimum absolute atomic E-state index is 0.234. The smallest absolute Gasteiger partial charge is 0.243 e. The second kappa shape index (κ2) is 11.6. The number of nitrogens with zero attached hydrogens (tertiary/aromatic N) is 5. The van der Waals surface area contributed by atoms with Crippen molar-refractivity contribution in [2.24, 2.45) is 5.10 Å². The number of rotatable bonds is 9. The highest BCUT2D eigenvalue weighted by Gasteiger charge is 2.33. The van der Waals surface area contributed by atoms with Crippen molar-refractivity contribution in [3.8, 4) is 28.6 Å². The maximum Gasteiger partial charge on any atom is 0.243 e. The van der Waals surface area contributed by atoms with Crippen LogP contribution in [0.5, 0.6) is 11.5 Å². The summed E-state index contributed by atoms with van der Waals surface area (Å²) in [6, 6.07) is 23.6. The number of hydrazone groups is 1. The van der Waals surface area contributed by atoms with E-state index in [2.05, 4.69) is 34.4 Å². The van der Waals surface area contributed by atoms with Gasteiger partial charge in [0.2, 0.25) is 18.0 Å².